The summed E-state index contributed by atoms with van der Waals surface area (Å²) in [7, 11) is 1.63. The summed E-state index contributed by atoms with van der Waals surface area (Å²) in [5.41, 5.74) is 0.914. The molecule has 0 spiro atoms. The van der Waals surface area contributed by atoms with Crippen molar-refractivity contribution in [2.24, 2.45) is 0 Å². The quantitative estimate of drug-likeness (QED) is 0.612. The predicted molar refractivity (Wildman–Crippen MR) is 94.4 cm³/mol. The van der Waals surface area contributed by atoms with Gasteiger partial charge in [-0.15, -0.1) is 0 Å². The molecule has 1 aliphatic carbocycles. The average Bonchev–Trinajstić information content (AvgIpc) is 2.58. The fourth-order valence-electron chi connectivity index (χ4n) is 2.66. The Hall–Kier alpha value is -1.42. The lowest BCUT2D eigenvalue weighted by Gasteiger charge is -2.20. The van der Waals surface area contributed by atoms with Crippen LogP contribution in [0.2, 0.25) is 0 Å². The summed E-state index contributed by atoms with van der Waals surface area (Å²) in [5.74, 6) is 1.73. The summed E-state index contributed by atoms with van der Waals surface area (Å²) in [5, 5.41) is 3.74. The van der Waals surface area contributed by atoms with Gasteiger partial charge in [-0.2, -0.15) is 11.8 Å². The minimum Gasteiger partial charge on any atom is -0.496 e. The molecule has 0 atom stereocenters. The molecule has 2 rings (SSSR count). The molecule has 1 saturated carbocycles. The van der Waals surface area contributed by atoms with E-state index in [4.69, 9.17) is 4.74 Å². The molecule has 0 heterocycles. The number of amides is 1. The van der Waals surface area contributed by atoms with Crippen LogP contribution in [0.25, 0.3) is 6.08 Å². The molecule has 1 aromatic rings. The van der Waals surface area contributed by atoms with E-state index < -0.39 is 0 Å². The van der Waals surface area contributed by atoms with Gasteiger partial charge >= 0.3 is 0 Å². The number of rotatable bonds is 7. The number of methoxy groups -OCH3 is 1. The van der Waals surface area contributed by atoms with Gasteiger partial charge in [-0.25, -0.2) is 0 Å². The maximum absolute atomic E-state index is 11.8. The minimum absolute atomic E-state index is 0.0462. The Morgan fingerprint density at radius 2 is 2.09 bits per heavy atom. The molecule has 1 aliphatic rings. The van der Waals surface area contributed by atoms with E-state index in [1.807, 2.05) is 36.0 Å². The van der Waals surface area contributed by atoms with Crippen LogP contribution in [0.4, 0.5) is 0 Å². The van der Waals surface area contributed by atoms with E-state index in [9.17, 15) is 4.79 Å². The molecule has 4 heteroatoms. The van der Waals surface area contributed by atoms with Gasteiger partial charge in [0.1, 0.15) is 5.75 Å². The number of hydrogen-bond donors (Lipinski definition) is 1. The second kappa shape index (κ2) is 9.57. The van der Waals surface area contributed by atoms with Crippen LogP contribution < -0.4 is 10.1 Å². The highest BCUT2D eigenvalue weighted by Gasteiger charge is 2.13. The highest BCUT2D eigenvalue weighted by Crippen LogP contribution is 2.27. The molecule has 0 aliphatic heterocycles. The first kappa shape index (κ1) is 16.9. The number of hydrogen-bond acceptors (Lipinski definition) is 3. The predicted octanol–water partition coefficient (Wildman–Crippen LogP) is 3.89. The Labute approximate surface area is 137 Å². The monoisotopic (exact) mass is 319 g/mol. The van der Waals surface area contributed by atoms with E-state index in [-0.39, 0.29) is 5.91 Å². The van der Waals surface area contributed by atoms with Crippen LogP contribution in [0.3, 0.4) is 0 Å². The van der Waals surface area contributed by atoms with Gasteiger partial charge in [-0.1, -0.05) is 37.5 Å². The van der Waals surface area contributed by atoms with E-state index in [0.29, 0.717) is 0 Å². The SMILES string of the molecule is COc1ccccc1C=CC(=O)NCCSC1CCCCC1. The highest BCUT2D eigenvalue weighted by atomic mass is 32.2. The molecule has 0 aromatic heterocycles. The first-order valence-electron chi connectivity index (χ1n) is 8.00. The molecular weight excluding hydrogens is 294 g/mol. The maximum Gasteiger partial charge on any atom is 0.244 e. The number of benzene rings is 1. The smallest absolute Gasteiger partial charge is 0.244 e. The first-order valence-corrected chi connectivity index (χ1v) is 9.05. The Balaban J connectivity index is 1.67. The summed E-state index contributed by atoms with van der Waals surface area (Å²) in [6.45, 7) is 0.732. The zero-order chi connectivity index (χ0) is 15.6. The van der Waals surface area contributed by atoms with Crippen molar-refractivity contribution in [3.05, 3.63) is 35.9 Å². The fourth-order valence-corrected chi connectivity index (χ4v) is 3.88. The number of ether oxygens (including phenoxy) is 1. The number of carbonyl (C=O) groups excluding carboxylic acids is 1. The molecule has 120 valence electrons. The zero-order valence-electron chi connectivity index (χ0n) is 13.2. The lowest BCUT2D eigenvalue weighted by molar-refractivity contribution is -0.116. The molecule has 0 saturated heterocycles. The Morgan fingerprint density at radius 1 is 1.32 bits per heavy atom. The van der Waals surface area contributed by atoms with Crippen molar-refractivity contribution in [1.29, 1.82) is 0 Å². The third kappa shape index (κ3) is 5.76. The number of para-hydroxylation sites is 1. The molecular formula is C18H25NO2S. The van der Waals surface area contributed by atoms with Crippen molar-refractivity contribution in [1.82, 2.24) is 5.32 Å². The van der Waals surface area contributed by atoms with E-state index >= 15 is 0 Å². The van der Waals surface area contributed by atoms with Gasteiger partial charge in [-0.05, 0) is 25.0 Å². The third-order valence-electron chi connectivity index (χ3n) is 3.86. The van der Waals surface area contributed by atoms with Gasteiger partial charge in [0.2, 0.25) is 5.91 Å². The van der Waals surface area contributed by atoms with Crippen LogP contribution in [-0.4, -0.2) is 30.6 Å². The number of thioether (sulfide) groups is 1. The van der Waals surface area contributed by atoms with Gasteiger partial charge in [0.25, 0.3) is 0 Å². The molecule has 0 unspecified atom stereocenters. The van der Waals surface area contributed by atoms with Gasteiger partial charge in [0, 0.05) is 29.2 Å². The Kier molecular flexibility index (Phi) is 7.37. The molecule has 1 amide bonds. The Bertz CT molecular complexity index is 496. The van der Waals surface area contributed by atoms with Gasteiger partial charge in [-0.3, -0.25) is 4.79 Å². The van der Waals surface area contributed by atoms with Crippen LogP contribution in [0.15, 0.2) is 30.3 Å². The highest BCUT2D eigenvalue weighted by molar-refractivity contribution is 7.99. The number of carbonyl (C=O) groups is 1. The van der Waals surface area contributed by atoms with Crippen molar-refractivity contribution in [2.45, 2.75) is 37.4 Å². The van der Waals surface area contributed by atoms with Crippen LogP contribution in [-0.2, 0) is 4.79 Å². The lowest BCUT2D eigenvalue weighted by Crippen LogP contribution is -2.24. The molecule has 1 aromatic carbocycles. The van der Waals surface area contributed by atoms with Crippen molar-refractivity contribution in [3.63, 3.8) is 0 Å². The Morgan fingerprint density at radius 3 is 2.86 bits per heavy atom. The van der Waals surface area contributed by atoms with Crippen molar-refractivity contribution in [3.8, 4) is 5.75 Å². The van der Waals surface area contributed by atoms with E-state index in [0.717, 1.165) is 28.9 Å². The fraction of sp³-hybridized carbons (Fsp3) is 0.500. The van der Waals surface area contributed by atoms with E-state index in [1.165, 1.54) is 32.1 Å². The summed E-state index contributed by atoms with van der Waals surface area (Å²) >= 11 is 2.00. The van der Waals surface area contributed by atoms with Gasteiger partial charge in [0.15, 0.2) is 0 Å². The lowest BCUT2D eigenvalue weighted by atomic mass is 10.0. The molecule has 22 heavy (non-hydrogen) atoms. The molecule has 3 nitrogen and oxygen atoms in total. The molecule has 1 fully saturated rings. The largest absolute Gasteiger partial charge is 0.496 e. The summed E-state index contributed by atoms with van der Waals surface area (Å²) in [6.07, 6.45) is 10.2. The average molecular weight is 319 g/mol. The second-order valence-corrected chi connectivity index (χ2v) is 6.91. The van der Waals surface area contributed by atoms with Crippen LogP contribution in [0, 0.1) is 0 Å². The van der Waals surface area contributed by atoms with Gasteiger partial charge < -0.3 is 10.1 Å². The second-order valence-electron chi connectivity index (χ2n) is 5.50. The van der Waals surface area contributed by atoms with Crippen LogP contribution >= 0.6 is 11.8 Å². The van der Waals surface area contributed by atoms with E-state index in [2.05, 4.69) is 5.32 Å². The maximum atomic E-state index is 11.8. The van der Waals surface area contributed by atoms with Gasteiger partial charge in [0.05, 0.1) is 7.11 Å². The van der Waals surface area contributed by atoms with E-state index in [1.54, 1.807) is 19.3 Å². The zero-order valence-corrected chi connectivity index (χ0v) is 14.0. The first-order chi connectivity index (χ1) is 10.8. The molecule has 0 bridgehead atoms. The van der Waals surface area contributed by atoms with Crippen LogP contribution in [0.1, 0.15) is 37.7 Å². The summed E-state index contributed by atoms with van der Waals surface area (Å²) in [4.78, 5) is 11.8. The summed E-state index contributed by atoms with van der Waals surface area (Å²) < 4.78 is 5.26. The summed E-state index contributed by atoms with van der Waals surface area (Å²) in [6, 6.07) is 7.67. The standard InChI is InChI=1S/C18H25NO2S/c1-21-17-10-6-5-7-15(17)11-12-18(20)19-13-14-22-16-8-3-2-4-9-16/h5-7,10-12,16H,2-4,8-9,13-14H2,1H3,(H,19,20). The van der Waals surface area contributed by atoms with Crippen molar-refractivity contribution in [2.75, 3.05) is 19.4 Å². The van der Waals surface area contributed by atoms with Crippen molar-refractivity contribution < 1.29 is 9.53 Å². The number of nitrogens with one attached hydrogen (secondary N) is 1. The molecule has 1 N–H and O–H groups in total. The molecule has 0 radical (unpaired) electrons. The van der Waals surface area contributed by atoms with Crippen LogP contribution in [0.5, 0.6) is 5.75 Å². The normalized spacial score (nSPS) is 15.9. The topological polar surface area (TPSA) is 38.3 Å². The third-order valence-corrected chi connectivity index (χ3v) is 5.24. The minimum atomic E-state index is -0.0462. The van der Waals surface area contributed by atoms with Crippen molar-refractivity contribution >= 4 is 23.7 Å².